The lowest BCUT2D eigenvalue weighted by Gasteiger charge is -2.20. The molecule has 1 heterocycles. The normalized spacial score (nSPS) is 14.9. The fourth-order valence-corrected chi connectivity index (χ4v) is 1.43. The molecule has 0 fully saturated rings. The molecule has 0 saturated heterocycles. The van der Waals surface area contributed by atoms with E-state index in [0.717, 1.165) is 5.82 Å². The smallest absolute Gasteiger partial charge is 0.144 e. The molecule has 0 aliphatic heterocycles. The van der Waals surface area contributed by atoms with E-state index in [4.69, 9.17) is 23.2 Å². The van der Waals surface area contributed by atoms with E-state index >= 15 is 0 Å². The molecule has 78 valence electrons. The van der Waals surface area contributed by atoms with Gasteiger partial charge in [0.15, 0.2) is 0 Å². The molecule has 0 aliphatic rings. The highest BCUT2D eigenvalue weighted by Crippen LogP contribution is 2.20. The van der Waals surface area contributed by atoms with Gasteiger partial charge in [-0.15, -0.1) is 11.6 Å². The quantitative estimate of drug-likeness (QED) is 0.806. The minimum atomic E-state index is 0.264. The Morgan fingerprint density at radius 2 is 2.21 bits per heavy atom. The van der Waals surface area contributed by atoms with Gasteiger partial charge < -0.3 is 5.32 Å². The van der Waals surface area contributed by atoms with Crippen molar-refractivity contribution in [1.82, 2.24) is 4.98 Å². The van der Waals surface area contributed by atoms with E-state index in [0.29, 0.717) is 16.8 Å². The van der Waals surface area contributed by atoms with Crippen molar-refractivity contribution in [2.45, 2.75) is 19.9 Å². The third-order valence-corrected chi connectivity index (χ3v) is 3.01. The predicted octanol–water partition coefficient (Wildman–Crippen LogP) is 3.41. The molecule has 2 atom stereocenters. The zero-order valence-corrected chi connectivity index (χ0v) is 9.81. The van der Waals surface area contributed by atoms with Gasteiger partial charge in [-0.25, -0.2) is 4.98 Å². The molecule has 1 aromatic rings. The van der Waals surface area contributed by atoms with Crippen LogP contribution in [0.2, 0.25) is 5.02 Å². The first-order valence-corrected chi connectivity index (χ1v) is 5.49. The number of aromatic nitrogens is 1. The number of anilines is 1. The Hall–Kier alpha value is -0.470. The Morgan fingerprint density at radius 3 is 2.79 bits per heavy atom. The Bertz CT molecular complexity index is 291. The molecular weight excluding hydrogens is 219 g/mol. The van der Waals surface area contributed by atoms with Gasteiger partial charge in [-0.1, -0.05) is 18.5 Å². The average molecular weight is 233 g/mol. The highest BCUT2D eigenvalue weighted by Gasteiger charge is 2.12. The Morgan fingerprint density at radius 1 is 1.50 bits per heavy atom. The van der Waals surface area contributed by atoms with Crippen molar-refractivity contribution >= 4 is 29.0 Å². The maximum absolute atomic E-state index is 5.96. The summed E-state index contributed by atoms with van der Waals surface area (Å²) >= 11 is 11.7. The molecule has 0 saturated carbocycles. The lowest BCUT2D eigenvalue weighted by atomic mass is 10.1. The summed E-state index contributed by atoms with van der Waals surface area (Å²) in [7, 11) is 0. The standard InChI is InChI=1S/C10H14Cl2N2/c1-7(6-11)8(2)14-10-9(12)4-3-5-13-10/h3-5,7-8H,6H2,1-2H3,(H,13,14). The van der Waals surface area contributed by atoms with Crippen molar-refractivity contribution in [1.29, 1.82) is 0 Å². The van der Waals surface area contributed by atoms with E-state index in [2.05, 4.69) is 24.1 Å². The second-order valence-electron chi connectivity index (χ2n) is 3.40. The number of halogens is 2. The van der Waals surface area contributed by atoms with Crippen molar-refractivity contribution in [2.75, 3.05) is 11.2 Å². The maximum atomic E-state index is 5.96. The van der Waals surface area contributed by atoms with Gasteiger partial charge in [0.2, 0.25) is 0 Å². The van der Waals surface area contributed by atoms with Gasteiger partial charge in [-0.05, 0) is 25.0 Å². The Labute approximate surface area is 94.6 Å². The van der Waals surface area contributed by atoms with Crippen LogP contribution in [-0.4, -0.2) is 16.9 Å². The number of nitrogens with one attached hydrogen (secondary N) is 1. The SMILES string of the molecule is CC(CCl)C(C)Nc1ncccc1Cl. The fraction of sp³-hybridized carbons (Fsp3) is 0.500. The minimum absolute atomic E-state index is 0.264. The summed E-state index contributed by atoms with van der Waals surface area (Å²) < 4.78 is 0. The lowest BCUT2D eigenvalue weighted by molar-refractivity contribution is 0.564. The number of pyridine rings is 1. The highest BCUT2D eigenvalue weighted by molar-refractivity contribution is 6.32. The molecule has 1 N–H and O–H groups in total. The molecule has 0 bridgehead atoms. The Balaban J connectivity index is 2.64. The summed E-state index contributed by atoms with van der Waals surface area (Å²) in [5.74, 6) is 1.73. The largest absolute Gasteiger partial charge is 0.366 e. The molecule has 2 unspecified atom stereocenters. The molecule has 0 spiro atoms. The van der Waals surface area contributed by atoms with E-state index in [1.165, 1.54) is 0 Å². The first-order chi connectivity index (χ1) is 6.65. The van der Waals surface area contributed by atoms with Crippen LogP contribution in [0.5, 0.6) is 0 Å². The number of rotatable bonds is 4. The molecule has 14 heavy (non-hydrogen) atoms. The highest BCUT2D eigenvalue weighted by atomic mass is 35.5. The van der Waals surface area contributed by atoms with Crippen LogP contribution in [0, 0.1) is 5.92 Å². The van der Waals surface area contributed by atoms with Crippen molar-refractivity contribution in [3.8, 4) is 0 Å². The average Bonchev–Trinajstić information content (AvgIpc) is 2.20. The summed E-state index contributed by atoms with van der Waals surface area (Å²) in [5.41, 5.74) is 0. The first kappa shape index (κ1) is 11.6. The molecule has 1 rings (SSSR count). The summed E-state index contributed by atoms with van der Waals surface area (Å²) in [6, 6.07) is 3.89. The molecule has 0 amide bonds. The van der Waals surface area contributed by atoms with Crippen LogP contribution in [0.15, 0.2) is 18.3 Å². The van der Waals surface area contributed by atoms with Gasteiger partial charge in [0.25, 0.3) is 0 Å². The van der Waals surface area contributed by atoms with Crippen LogP contribution in [-0.2, 0) is 0 Å². The van der Waals surface area contributed by atoms with Crippen LogP contribution in [0.3, 0.4) is 0 Å². The topological polar surface area (TPSA) is 24.9 Å². The lowest BCUT2D eigenvalue weighted by Crippen LogP contribution is -2.25. The van der Waals surface area contributed by atoms with Gasteiger partial charge >= 0.3 is 0 Å². The predicted molar refractivity (Wildman–Crippen MR) is 62.2 cm³/mol. The van der Waals surface area contributed by atoms with Crippen molar-refractivity contribution in [3.05, 3.63) is 23.4 Å². The second kappa shape index (κ2) is 5.42. The van der Waals surface area contributed by atoms with E-state index in [-0.39, 0.29) is 6.04 Å². The summed E-state index contributed by atoms with van der Waals surface area (Å²) in [5, 5.41) is 3.87. The Kier molecular flexibility index (Phi) is 4.49. The van der Waals surface area contributed by atoms with Gasteiger partial charge in [0, 0.05) is 18.1 Å². The molecule has 0 radical (unpaired) electrons. The molecular formula is C10H14Cl2N2. The van der Waals surface area contributed by atoms with E-state index < -0.39 is 0 Å². The third-order valence-electron chi connectivity index (χ3n) is 2.22. The van der Waals surface area contributed by atoms with Crippen LogP contribution < -0.4 is 5.32 Å². The second-order valence-corrected chi connectivity index (χ2v) is 4.11. The van der Waals surface area contributed by atoms with Crippen molar-refractivity contribution in [3.63, 3.8) is 0 Å². The summed E-state index contributed by atoms with van der Waals surface area (Å²) in [6.45, 7) is 4.15. The van der Waals surface area contributed by atoms with E-state index in [1.54, 1.807) is 6.20 Å². The van der Waals surface area contributed by atoms with Crippen molar-refractivity contribution < 1.29 is 0 Å². The first-order valence-electron chi connectivity index (χ1n) is 4.58. The zero-order valence-electron chi connectivity index (χ0n) is 8.30. The van der Waals surface area contributed by atoms with Crippen LogP contribution in [0.4, 0.5) is 5.82 Å². The van der Waals surface area contributed by atoms with Crippen LogP contribution >= 0.6 is 23.2 Å². The van der Waals surface area contributed by atoms with Crippen LogP contribution in [0.1, 0.15) is 13.8 Å². The van der Waals surface area contributed by atoms with E-state index in [1.807, 2.05) is 12.1 Å². The summed E-state index contributed by atoms with van der Waals surface area (Å²) in [4.78, 5) is 4.15. The summed E-state index contributed by atoms with van der Waals surface area (Å²) in [6.07, 6.45) is 1.71. The zero-order chi connectivity index (χ0) is 10.6. The van der Waals surface area contributed by atoms with E-state index in [9.17, 15) is 0 Å². The molecule has 0 aromatic carbocycles. The van der Waals surface area contributed by atoms with Gasteiger partial charge in [-0.2, -0.15) is 0 Å². The number of nitrogens with zero attached hydrogens (tertiary/aromatic N) is 1. The number of hydrogen-bond acceptors (Lipinski definition) is 2. The van der Waals surface area contributed by atoms with Gasteiger partial charge in [0.1, 0.15) is 5.82 Å². The minimum Gasteiger partial charge on any atom is -0.366 e. The number of hydrogen-bond donors (Lipinski definition) is 1. The monoisotopic (exact) mass is 232 g/mol. The maximum Gasteiger partial charge on any atom is 0.144 e. The fourth-order valence-electron chi connectivity index (χ4n) is 0.983. The van der Waals surface area contributed by atoms with Gasteiger partial charge in [-0.3, -0.25) is 0 Å². The van der Waals surface area contributed by atoms with Crippen molar-refractivity contribution in [2.24, 2.45) is 5.92 Å². The molecule has 2 nitrogen and oxygen atoms in total. The molecule has 0 aliphatic carbocycles. The third kappa shape index (κ3) is 3.03. The van der Waals surface area contributed by atoms with Gasteiger partial charge in [0.05, 0.1) is 5.02 Å². The van der Waals surface area contributed by atoms with Crippen LogP contribution in [0.25, 0.3) is 0 Å². The molecule has 4 heteroatoms. The molecule has 1 aromatic heterocycles. The number of alkyl halides is 1.